The minimum atomic E-state index is 0.804. The lowest BCUT2D eigenvalue weighted by Crippen LogP contribution is -1.88. The molecule has 4 N–H and O–H groups in total. The van der Waals surface area contributed by atoms with Crippen LogP contribution in [0.2, 0.25) is 0 Å². The molecule has 1 heterocycles. The number of hydrogen-bond acceptors (Lipinski definition) is 3. The summed E-state index contributed by atoms with van der Waals surface area (Å²) in [6.45, 7) is 0. The molecule has 2 rings (SSSR count). The zero-order chi connectivity index (χ0) is 8.72. The molecule has 0 aliphatic carbocycles. The lowest BCUT2D eigenvalue weighted by Gasteiger charge is -1.97. The van der Waals surface area contributed by atoms with E-state index in [4.69, 9.17) is 11.5 Å². The van der Waals surface area contributed by atoms with E-state index < -0.39 is 0 Å². The standard InChI is InChI=1S/C8H7IN2S/c9-7-3-4-5(10)1-2-6(11)8(4)12-7/h1-3H,10-11H2. The lowest BCUT2D eigenvalue weighted by atomic mass is 10.2. The third-order valence-corrected chi connectivity index (χ3v) is 3.66. The molecule has 0 fully saturated rings. The number of nitrogen functional groups attached to an aromatic ring is 2. The fourth-order valence-corrected chi connectivity index (χ4v) is 2.95. The third-order valence-electron chi connectivity index (χ3n) is 1.72. The van der Waals surface area contributed by atoms with E-state index in [9.17, 15) is 0 Å². The Hall–Kier alpha value is -0.490. The van der Waals surface area contributed by atoms with Gasteiger partial charge in [-0.05, 0) is 40.8 Å². The Labute approximate surface area is 87.7 Å². The number of halogens is 1. The molecule has 62 valence electrons. The van der Waals surface area contributed by atoms with E-state index in [1.54, 1.807) is 11.3 Å². The normalized spacial score (nSPS) is 10.8. The first kappa shape index (κ1) is 8.12. The minimum Gasteiger partial charge on any atom is -0.398 e. The van der Waals surface area contributed by atoms with E-state index in [0.717, 1.165) is 21.5 Å². The van der Waals surface area contributed by atoms with Crippen molar-refractivity contribution in [1.29, 1.82) is 0 Å². The van der Waals surface area contributed by atoms with Crippen molar-refractivity contribution in [3.8, 4) is 0 Å². The van der Waals surface area contributed by atoms with Gasteiger partial charge in [-0.15, -0.1) is 11.3 Å². The molecule has 0 radical (unpaired) electrons. The number of anilines is 2. The molecule has 0 bridgehead atoms. The molecule has 0 unspecified atom stereocenters. The second kappa shape index (κ2) is 2.77. The van der Waals surface area contributed by atoms with Gasteiger partial charge in [-0.3, -0.25) is 0 Å². The average molecular weight is 290 g/mol. The maximum Gasteiger partial charge on any atom is 0.0667 e. The van der Waals surface area contributed by atoms with Gasteiger partial charge in [0.1, 0.15) is 0 Å². The van der Waals surface area contributed by atoms with Gasteiger partial charge in [-0.2, -0.15) is 0 Å². The first-order valence-corrected chi connectivity index (χ1v) is 5.31. The van der Waals surface area contributed by atoms with Crippen molar-refractivity contribution in [2.75, 3.05) is 11.5 Å². The van der Waals surface area contributed by atoms with Gasteiger partial charge in [0.05, 0.1) is 7.58 Å². The predicted octanol–water partition coefficient (Wildman–Crippen LogP) is 2.67. The highest BCUT2D eigenvalue weighted by atomic mass is 127. The van der Waals surface area contributed by atoms with Crippen molar-refractivity contribution < 1.29 is 0 Å². The predicted molar refractivity (Wildman–Crippen MR) is 63.4 cm³/mol. The van der Waals surface area contributed by atoms with Gasteiger partial charge >= 0.3 is 0 Å². The summed E-state index contributed by atoms with van der Waals surface area (Å²) in [5, 5.41) is 1.07. The van der Waals surface area contributed by atoms with Crippen molar-refractivity contribution in [2.45, 2.75) is 0 Å². The largest absolute Gasteiger partial charge is 0.398 e. The van der Waals surface area contributed by atoms with Gasteiger partial charge in [0.25, 0.3) is 0 Å². The molecule has 0 aliphatic rings. The summed E-state index contributed by atoms with van der Waals surface area (Å²) in [6, 6.07) is 5.76. The fraction of sp³-hybridized carbons (Fsp3) is 0. The second-order valence-electron chi connectivity index (χ2n) is 2.54. The molecule has 0 spiro atoms. The monoisotopic (exact) mass is 290 g/mol. The molecule has 0 saturated carbocycles. The van der Waals surface area contributed by atoms with Crippen LogP contribution < -0.4 is 11.5 Å². The Bertz CT molecular complexity index is 397. The number of thiophene rings is 1. The zero-order valence-corrected chi connectivity index (χ0v) is 9.15. The molecule has 2 nitrogen and oxygen atoms in total. The highest BCUT2D eigenvalue weighted by Crippen LogP contribution is 2.34. The number of hydrogen-bond donors (Lipinski definition) is 2. The summed E-state index contributed by atoms with van der Waals surface area (Å²) in [4.78, 5) is 0. The Morgan fingerprint density at radius 3 is 2.50 bits per heavy atom. The summed E-state index contributed by atoms with van der Waals surface area (Å²) < 4.78 is 2.31. The molecule has 0 saturated heterocycles. The van der Waals surface area contributed by atoms with Crippen LogP contribution in [0.15, 0.2) is 18.2 Å². The highest BCUT2D eigenvalue weighted by molar-refractivity contribution is 14.1. The molecular formula is C8H7IN2S. The molecule has 1 aromatic heterocycles. The Morgan fingerprint density at radius 2 is 1.83 bits per heavy atom. The Morgan fingerprint density at radius 1 is 1.17 bits per heavy atom. The van der Waals surface area contributed by atoms with Crippen LogP contribution in [0.4, 0.5) is 11.4 Å². The number of rotatable bonds is 0. The zero-order valence-electron chi connectivity index (χ0n) is 6.17. The first-order chi connectivity index (χ1) is 5.68. The molecule has 12 heavy (non-hydrogen) atoms. The van der Waals surface area contributed by atoms with E-state index >= 15 is 0 Å². The van der Waals surface area contributed by atoms with Crippen LogP contribution in [-0.2, 0) is 0 Å². The van der Waals surface area contributed by atoms with Crippen molar-refractivity contribution in [2.24, 2.45) is 0 Å². The van der Waals surface area contributed by atoms with Gasteiger partial charge in [0, 0.05) is 16.8 Å². The van der Waals surface area contributed by atoms with Crippen LogP contribution in [-0.4, -0.2) is 0 Å². The smallest absolute Gasteiger partial charge is 0.0667 e. The lowest BCUT2D eigenvalue weighted by molar-refractivity contribution is 1.77. The van der Waals surface area contributed by atoms with Crippen LogP contribution in [0.5, 0.6) is 0 Å². The summed E-state index contributed by atoms with van der Waals surface area (Å²) in [6.07, 6.45) is 0. The van der Waals surface area contributed by atoms with Crippen LogP contribution >= 0.6 is 33.9 Å². The van der Waals surface area contributed by atoms with E-state index in [2.05, 4.69) is 28.7 Å². The van der Waals surface area contributed by atoms with Gasteiger partial charge in [0.2, 0.25) is 0 Å². The van der Waals surface area contributed by atoms with Crippen LogP contribution in [0.25, 0.3) is 10.1 Å². The van der Waals surface area contributed by atoms with E-state index in [-0.39, 0.29) is 0 Å². The molecule has 0 atom stereocenters. The summed E-state index contributed by atoms with van der Waals surface area (Å²) >= 11 is 3.95. The highest BCUT2D eigenvalue weighted by Gasteiger charge is 2.04. The number of benzene rings is 1. The second-order valence-corrected chi connectivity index (χ2v) is 5.48. The van der Waals surface area contributed by atoms with Crippen LogP contribution in [0, 0.1) is 2.88 Å². The van der Waals surface area contributed by atoms with Crippen molar-refractivity contribution >= 4 is 55.4 Å². The van der Waals surface area contributed by atoms with Crippen LogP contribution in [0.3, 0.4) is 0 Å². The van der Waals surface area contributed by atoms with Crippen molar-refractivity contribution in [3.63, 3.8) is 0 Å². The number of fused-ring (bicyclic) bond motifs is 1. The maximum atomic E-state index is 5.79. The van der Waals surface area contributed by atoms with E-state index in [0.29, 0.717) is 0 Å². The van der Waals surface area contributed by atoms with Gasteiger partial charge in [-0.1, -0.05) is 0 Å². The van der Waals surface area contributed by atoms with E-state index in [1.165, 1.54) is 2.88 Å². The molecule has 1 aromatic carbocycles. The van der Waals surface area contributed by atoms with Crippen molar-refractivity contribution in [1.82, 2.24) is 0 Å². The number of nitrogens with two attached hydrogens (primary N) is 2. The first-order valence-electron chi connectivity index (χ1n) is 3.41. The van der Waals surface area contributed by atoms with Gasteiger partial charge in [-0.25, -0.2) is 0 Å². The molecule has 2 aromatic rings. The SMILES string of the molecule is Nc1ccc(N)c2sc(I)cc12. The summed E-state index contributed by atoms with van der Waals surface area (Å²) in [7, 11) is 0. The summed E-state index contributed by atoms with van der Waals surface area (Å²) in [5.41, 5.74) is 13.2. The Kier molecular flexibility index (Phi) is 1.88. The molecular weight excluding hydrogens is 283 g/mol. The van der Waals surface area contributed by atoms with Crippen molar-refractivity contribution in [3.05, 3.63) is 21.1 Å². The Balaban J connectivity index is 2.93. The molecule has 0 aliphatic heterocycles. The maximum absolute atomic E-state index is 5.79. The fourth-order valence-electron chi connectivity index (χ4n) is 1.13. The minimum absolute atomic E-state index is 0.804. The third kappa shape index (κ3) is 1.15. The van der Waals surface area contributed by atoms with Gasteiger partial charge < -0.3 is 11.5 Å². The average Bonchev–Trinajstić information content (AvgIpc) is 2.41. The molecule has 0 amide bonds. The van der Waals surface area contributed by atoms with Crippen LogP contribution in [0.1, 0.15) is 0 Å². The topological polar surface area (TPSA) is 52.0 Å². The summed E-state index contributed by atoms with van der Waals surface area (Å²) in [5.74, 6) is 0. The molecule has 4 heteroatoms. The van der Waals surface area contributed by atoms with E-state index in [1.807, 2.05) is 12.1 Å². The van der Waals surface area contributed by atoms with Gasteiger partial charge in [0.15, 0.2) is 0 Å². The quantitative estimate of drug-likeness (QED) is 0.579.